The van der Waals surface area contributed by atoms with Gasteiger partial charge in [0.25, 0.3) is 0 Å². The van der Waals surface area contributed by atoms with Crippen LogP contribution in [0.5, 0.6) is 17.4 Å². The predicted octanol–water partition coefficient (Wildman–Crippen LogP) is 4.56. The van der Waals surface area contributed by atoms with Crippen molar-refractivity contribution in [3.05, 3.63) is 77.5 Å². The van der Waals surface area contributed by atoms with E-state index in [-0.39, 0.29) is 0 Å². The van der Waals surface area contributed by atoms with Gasteiger partial charge in [0.05, 0.1) is 31.0 Å². The third-order valence-electron chi connectivity index (χ3n) is 6.55. The van der Waals surface area contributed by atoms with Gasteiger partial charge in [0.1, 0.15) is 11.5 Å². The lowest BCUT2D eigenvalue weighted by Gasteiger charge is -2.32. The maximum absolute atomic E-state index is 12.1. The third kappa shape index (κ3) is 5.18. The molecule has 0 N–H and O–H groups in total. The molecule has 0 bridgehead atoms. The number of methoxy groups -OCH3 is 2. The average Bonchev–Trinajstić information content (AvgIpc) is 3.07. The number of esters is 1. The van der Waals surface area contributed by atoms with Crippen LogP contribution in [0.4, 0.5) is 0 Å². The molecule has 2 heterocycles. The number of nitrogens with zero attached hydrogens (tertiary/aromatic N) is 1. The highest BCUT2D eigenvalue weighted by Gasteiger charge is 2.51. The Balaban J connectivity index is 1.60. The van der Waals surface area contributed by atoms with Gasteiger partial charge in [-0.3, -0.25) is 0 Å². The summed E-state index contributed by atoms with van der Waals surface area (Å²) in [5.41, 5.74) is 2.26. The quantitative estimate of drug-likeness (QED) is 0.366. The van der Waals surface area contributed by atoms with Crippen LogP contribution >= 0.6 is 0 Å². The Bertz CT molecular complexity index is 1190. The highest BCUT2D eigenvalue weighted by atomic mass is 16.7. The number of hydrogen-bond acceptors (Lipinski definition) is 7. The van der Waals surface area contributed by atoms with Gasteiger partial charge in [0.2, 0.25) is 5.88 Å². The molecule has 0 saturated carbocycles. The zero-order valence-corrected chi connectivity index (χ0v) is 21.0. The van der Waals surface area contributed by atoms with Crippen LogP contribution in [-0.4, -0.2) is 43.5 Å². The Kier molecular flexibility index (Phi) is 6.87. The molecule has 1 aromatic heterocycles. The lowest BCUT2D eigenvalue weighted by Crippen LogP contribution is -2.41. The van der Waals surface area contributed by atoms with E-state index in [1.807, 2.05) is 70.2 Å². The van der Waals surface area contributed by atoms with Crippen molar-refractivity contribution < 1.29 is 28.3 Å². The van der Waals surface area contributed by atoms with Crippen molar-refractivity contribution in [3.8, 4) is 17.4 Å². The molecule has 0 unspecified atom stereocenters. The summed E-state index contributed by atoms with van der Waals surface area (Å²) in [7, 11) is 2.49. The van der Waals surface area contributed by atoms with E-state index in [0.29, 0.717) is 29.4 Å². The Hall–Kier alpha value is -3.36. The van der Waals surface area contributed by atoms with Crippen LogP contribution in [0.3, 0.4) is 0 Å². The topological polar surface area (TPSA) is 76.1 Å². The summed E-state index contributed by atoms with van der Waals surface area (Å²) in [5, 5.41) is 0. The van der Waals surface area contributed by atoms with E-state index in [1.54, 1.807) is 25.4 Å². The molecule has 0 amide bonds. The van der Waals surface area contributed by atoms with Gasteiger partial charge in [-0.1, -0.05) is 24.3 Å². The van der Waals surface area contributed by atoms with Crippen LogP contribution in [0.2, 0.25) is 0 Å². The molecule has 8 heteroatoms. The zero-order valence-electron chi connectivity index (χ0n) is 21.0. The van der Waals surface area contributed by atoms with Crippen molar-refractivity contribution >= 4 is 18.6 Å². The second-order valence-electron chi connectivity index (χ2n) is 9.42. The minimum atomic E-state index is -0.453. The number of benzene rings is 2. The predicted molar refractivity (Wildman–Crippen MR) is 134 cm³/mol. The number of pyridine rings is 1. The molecule has 1 saturated heterocycles. The van der Waals surface area contributed by atoms with Gasteiger partial charge in [-0.15, -0.1) is 0 Å². The molecular weight excluding hydrogens is 445 g/mol. The zero-order chi connectivity index (χ0) is 25.2. The first-order chi connectivity index (χ1) is 16.6. The molecule has 0 spiro atoms. The number of hydrogen-bond donors (Lipinski definition) is 0. The van der Waals surface area contributed by atoms with E-state index in [1.165, 1.54) is 7.11 Å². The first-order valence-electron chi connectivity index (χ1n) is 11.5. The molecule has 0 aliphatic carbocycles. The highest BCUT2D eigenvalue weighted by Crippen LogP contribution is 2.37. The second kappa shape index (κ2) is 9.72. The first-order valence-corrected chi connectivity index (χ1v) is 11.5. The molecule has 182 valence electrons. The number of rotatable bonds is 7. The normalized spacial score (nSPS) is 16.1. The van der Waals surface area contributed by atoms with E-state index in [2.05, 4.69) is 4.98 Å². The Morgan fingerprint density at radius 1 is 0.943 bits per heavy atom. The van der Waals surface area contributed by atoms with Crippen LogP contribution in [0.25, 0.3) is 0 Å². The molecule has 0 radical (unpaired) electrons. The van der Waals surface area contributed by atoms with Crippen molar-refractivity contribution in [2.24, 2.45) is 0 Å². The molecule has 7 nitrogen and oxygen atoms in total. The lowest BCUT2D eigenvalue weighted by molar-refractivity contribution is 0.00578. The van der Waals surface area contributed by atoms with Crippen molar-refractivity contribution in [2.45, 2.75) is 45.3 Å². The van der Waals surface area contributed by atoms with Crippen LogP contribution in [0, 0.1) is 0 Å². The maximum Gasteiger partial charge on any atom is 0.494 e. The highest BCUT2D eigenvalue weighted by molar-refractivity contribution is 6.62. The van der Waals surface area contributed by atoms with Gasteiger partial charge in [0, 0.05) is 18.2 Å². The molecule has 1 aliphatic heterocycles. The monoisotopic (exact) mass is 475 g/mol. The largest absolute Gasteiger partial charge is 0.494 e. The maximum atomic E-state index is 12.1. The van der Waals surface area contributed by atoms with Gasteiger partial charge in [-0.05, 0) is 69.1 Å². The summed E-state index contributed by atoms with van der Waals surface area (Å²) >= 11 is 0. The molecular formula is C27H30BNO6. The number of ether oxygens (including phenoxy) is 3. The third-order valence-corrected chi connectivity index (χ3v) is 6.55. The van der Waals surface area contributed by atoms with Gasteiger partial charge in [-0.25, -0.2) is 9.78 Å². The van der Waals surface area contributed by atoms with Crippen molar-refractivity contribution in [1.29, 1.82) is 0 Å². The summed E-state index contributed by atoms with van der Waals surface area (Å²) in [6.45, 7) is 8.10. The van der Waals surface area contributed by atoms with Crippen LogP contribution in [0.15, 0.2) is 60.8 Å². The molecule has 35 heavy (non-hydrogen) atoms. The number of aromatic nitrogens is 1. The van der Waals surface area contributed by atoms with E-state index < -0.39 is 24.3 Å². The van der Waals surface area contributed by atoms with Gasteiger partial charge in [0.15, 0.2) is 0 Å². The van der Waals surface area contributed by atoms with Crippen LogP contribution < -0.4 is 14.9 Å². The lowest BCUT2D eigenvalue weighted by atomic mass is 9.79. The summed E-state index contributed by atoms with van der Waals surface area (Å²) in [5.74, 6) is 1.27. The first kappa shape index (κ1) is 24.8. The van der Waals surface area contributed by atoms with Crippen molar-refractivity contribution in [2.75, 3.05) is 14.2 Å². The second-order valence-corrected chi connectivity index (χ2v) is 9.42. The SMILES string of the molecule is COC(=O)c1ccc(Cc2cccnc2OC)c(Oc2ccc(B3OC(C)(C)C(C)(C)O3)cc2)c1. The number of carbonyl (C=O) groups is 1. The Morgan fingerprint density at radius 2 is 1.63 bits per heavy atom. The minimum Gasteiger partial charge on any atom is -0.481 e. The van der Waals surface area contributed by atoms with Gasteiger partial charge < -0.3 is 23.5 Å². The van der Waals surface area contributed by atoms with Gasteiger partial charge >= 0.3 is 13.1 Å². The van der Waals surface area contributed by atoms with Crippen LogP contribution in [0.1, 0.15) is 49.2 Å². The average molecular weight is 475 g/mol. The van der Waals surface area contributed by atoms with E-state index in [4.69, 9.17) is 23.5 Å². The van der Waals surface area contributed by atoms with Crippen molar-refractivity contribution in [3.63, 3.8) is 0 Å². The summed E-state index contributed by atoms with van der Waals surface area (Å²) in [6.07, 6.45) is 2.20. The minimum absolute atomic E-state index is 0.401. The van der Waals surface area contributed by atoms with E-state index in [0.717, 1.165) is 16.6 Å². The standard InChI is InChI=1S/C27H30BNO6/c1-26(2)27(3,4)35-28(34-26)21-11-13-22(14-12-21)33-23-17-20(25(30)32-6)10-9-18(23)16-19-8-7-15-29-24(19)31-5/h7-15,17H,16H2,1-6H3. The summed E-state index contributed by atoms with van der Waals surface area (Å²) in [4.78, 5) is 16.4. The van der Waals surface area contributed by atoms with E-state index >= 15 is 0 Å². The fraction of sp³-hybridized carbons (Fsp3) is 0.333. The van der Waals surface area contributed by atoms with Gasteiger partial charge in [-0.2, -0.15) is 0 Å². The molecule has 1 aliphatic rings. The van der Waals surface area contributed by atoms with Crippen LogP contribution in [-0.2, 0) is 20.5 Å². The summed E-state index contributed by atoms with van der Waals surface area (Å²) in [6, 6.07) is 16.6. The number of carbonyl (C=O) groups excluding carboxylic acids is 1. The Morgan fingerprint density at radius 3 is 2.26 bits per heavy atom. The molecule has 1 fully saturated rings. The molecule has 0 atom stereocenters. The van der Waals surface area contributed by atoms with Crippen molar-refractivity contribution in [1.82, 2.24) is 4.98 Å². The molecule has 3 aromatic rings. The van der Waals surface area contributed by atoms with E-state index in [9.17, 15) is 4.79 Å². The fourth-order valence-corrected chi connectivity index (χ4v) is 3.79. The molecule has 4 rings (SSSR count). The summed E-state index contributed by atoms with van der Waals surface area (Å²) < 4.78 is 28.8. The Labute approximate surface area is 206 Å². The molecule has 2 aromatic carbocycles. The smallest absolute Gasteiger partial charge is 0.481 e. The fourth-order valence-electron chi connectivity index (χ4n) is 3.79.